The second-order valence-corrected chi connectivity index (χ2v) is 7.55. The second-order valence-electron chi connectivity index (χ2n) is 5.17. The van der Waals surface area contributed by atoms with Crippen molar-refractivity contribution in [1.82, 2.24) is 9.97 Å². The summed E-state index contributed by atoms with van der Waals surface area (Å²) in [4.78, 5) is 9.46. The van der Waals surface area contributed by atoms with Crippen molar-refractivity contribution in [3.63, 3.8) is 0 Å². The van der Waals surface area contributed by atoms with Crippen molar-refractivity contribution in [3.05, 3.63) is 29.7 Å². The molecule has 0 fully saturated rings. The van der Waals surface area contributed by atoms with Gasteiger partial charge in [0, 0.05) is 24.4 Å². The Hall–Kier alpha value is -1.47. The molecule has 0 saturated heterocycles. The zero-order valence-electron chi connectivity index (χ0n) is 13.6. The zero-order chi connectivity index (χ0) is 19.3. The van der Waals surface area contributed by atoms with E-state index in [1.165, 1.54) is 11.2 Å². The first-order valence-electron chi connectivity index (χ1n) is 7.32. The fourth-order valence-corrected chi connectivity index (χ4v) is 4.16. The van der Waals surface area contributed by atoms with Crippen molar-refractivity contribution in [1.29, 1.82) is 0 Å². The number of nitrogens with zero attached hydrogens (tertiary/aromatic N) is 3. The number of hydrogen-bond acceptors (Lipinski definition) is 6. The Morgan fingerprint density at radius 3 is 2.77 bits per heavy atom. The summed E-state index contributed by atoms with van der Waals surface area (Å²) in [6, 6.07) is 3.51. The standard InChI is InChI=1S/C16H15ClF3N3OS2/c1-3-7-23(12(24)8-11(25-2)16(18,19)20)15-13(17)22-14(26-15)10-5-4-6-21-9-10/h1,4-6,9,11-12,24H,7-8H2,2H3. The van der Waals surface area contributed by atoms with E-state index in [1.807, 2.05) is 0 Å². The first-order valence-corrected chi connectivity index (χ1v) is 9.80. The van der Waals surface area contributed by atoms with Gasteiger partial charge in [0.05, 0.1) is 6.54 Å². The Bertz CT molecular complexity index is 764. The molecule has 4 nitrogen and oxygen atoms in total. The fraction of sp³-hybridized carbons (Fsp3) is 0.375. The van der Waals surface area contributed by atoms with Gasteiger partial charge in [-0.1, -0.05) is 28.9 Å². The van der Waals surface area contributed by atoms with Gasteiger partial charge >= 0.3 is 6.18 Å². The maximum absolute atomic E-state index is 13.0. The van der Waals surface area contributed by atoms with Gasteiger partial charge in [-0.3, -0.25) is 4.98 Å². The molecule has 0 aromatic carbocycles. The van der Waals surface area contributed by atoms with Crippen molar-refractivity contribution in [2.45, 2.75) is 24.1 Å². The number of anilines is 1. The van der Waals surface area contributed by atoms with Crippen LogP contribution >= 0.6 is 34.7 Å². The van der Waals surface area contributed by atoms with Crippen LogP contribution in [0.1, 0.15) is 6.42 Å². The molecule has 26 heavy (non-hydrogen) atoms. The summed E-state index contributed by atoms with van der Waals surface area (Å²) >= 11 is 7.92. The predicted molar refractivity (Wildman–Crippen MR) is 101 cm³/mol. The molecular formula is C16H15ClF3N3OS2. The lowest BCUT2D eigenvalue weighted by Crippen LogP contribution is -2.40. The molecule has 2 rings (SSSR count). The van der Waals surface area contributed by atoms with E-state index in [4.69, 9.17) is 18.0 Å². The lowest BCUT2D eigenvalue weighted by Gasteiger charge is -2.30. The van der Waals surface area contributed by atoms with Crippen LogP contribution in [0.15, 0.2) is 24.5 Å². The summed E-state index contributed by atoms with van der Waals surface area (Å²) in [6.45, 7) is -0.103. The smallest absolute Gasteiger partial charge is 0.374 e. The van der Waals surface area contributed by atoms with Gasteiger partial charge < -0.3 is 10.0 Å². The molecule has 2 unspecified atom stereocenters. The highest BCUT2D eigenvalue weighted by molar-refractivity contribution is 7.99. The number of thioether (sulfide) groups is 1. The molecular weight excluding hydrogens is 407 g/mol. The number of terminal acetylenes is 1. The first-order chi connectivity index (χ1) is 12.3. The summed E-state index contributed by atoms with van der Waals surface area (Å²) in [5.41, 5.74) is 0.707. The van der Waals surface area contributed by atoms with Crippen LogP contribution in [0, 0.1) is 12.3 Å². The molecule has 10 heteroatoms. The molecule has 140 valence electrons. The van der Waals surface area contributed by atoms with Crippen molar-refractivity contribution in [3.8, 4) is 22.9 Å². The van der Waals surface area contributed by atoms with Crippen LogP contribution in [-0.4, -0.2) is 45.5 Å². The average molecular weight is 422 g/mol. The van der Waals surface area contributed by atoms with E-state index >= 15 is 0 Å². The summed E-state index contributed by atoms with van der Waals surface area (Å²) in [5, 5.41) is 9.58. The van der Waals surface area contributed by atoms with Crippen LogP contribution in [0.5, 0.6) is 0 Å². The molecule has 2 atom stereocenters. The SMILES string of the molecule is C#CCN(c1sc(-c2cccnc2)nc1Cl)C(O)CC(SC)C(F)(F)F. The Labute approximate surface area is 162 Å². The number of halogens is 4. The van der Waals surface area contributed by atoms with Gasteiger partial charge in [0.2, 0.25) is 0 Å². The summed E-state index contributed by atoms with van der Waals surface area (Å²) in [6.07, 6.45) is 3.44. The largest absolute Gasteiger partial charge is 0.400 e. The topological polar surface area (TPSA) is 49.2 Å². The predicted octanol–water partition coefficient (Wildman–Crippen LogP) is 4.30. The Morgan fingerprint density at radius 2 is 2.23 bits per heavy atom. The third-order valence-corrected chi connectivity index (χ3v) is 5.98. The lowest BCUT2D eigenvalue weighted by atomic mass is 10.2. The van der Waals surface area contributed by atoms with Crippen LogP contribution in [0.4, 0.5) is 18.2 Å². The zero-order valence-corrected chi connectivity index (χ0v) is 16.0. The van der Waals surface area contributed by atoms with E-state index in [0.717, 1.165) is 11.3 Å². The maximum Gasteiger partial charge on any atom is 0.400 e. The molecule has 0 aliphatic heterocycles. The molecule has 2 aromatic rings. The number of pyridine rings is 1. The van der Waals surface area contributed by atoms with E-state index in [-0.39, 0.29) is 11.7 Å². The minimum Gasteiger partial charge on any atom is -0.374 e. The van der Waals surface area contributed by atoms with E-state index in [0.29, 0.717) is 27.3 Å². The number of alkyl halides is 3. The van der Waals surface area contributed by atoms with Crippen molar-refractivity contribution >= 4 is 39.7 Å². The number of thiazole rings is 1. The summed E-state index contributed by atoms with van der Waals surface area (Å²) < 4.78 is 39.0. The molecule has 0 bridgehead atoms. The van der Waals surface area contributed by atoms with Crippen molar-refractivity contribution in [2.24, 2.45) is 0 Å². The number of hydrogen-bond donors (Lipinski definition) is 1. The van der Waals surface area contributed by atoms with E-state index < -0.39 is 24.1 Å². The number of aromatic nitrogens is 2. The third kappa shape index (κ3) is 5.04. The van der Waals surface area contributed by atoms with Crippen molar-refractivity contribution in [2.75, 3.05) is 17.7 Å². The Balaban J connectivity index is 2.30. The second kappa shape index (κ2) is 8.95. The average Bonchev–Trinajstić information content (AvgIpc) is 2.98. The molecule has 0 spiro atoms. The van der Waals surface area contributed by atoms with E-state index in [1.54, 1.807) is 24.5 Å². The van der Waals surface area contributed by atoms with Crippen LogP contribution in [0.25, 0.3) is 10.6 Å². The molecule has 0 aliphatic carbocycles. The van der Waals surface area contributed by atoms with Gasteiger partial charge in [0.1, 0.15) is 21.5 Å². The van der Waals surface area contributed by atoms with Crippen LogP contribution < -0.4 is 4.90 Å². The number of aliphatic hydroxyl groups is 1. The van der Waals surface area contributed by atoms with Gasteiger partial charge in [0.25, 0.3) is 0 Å². The van der Waals surface area contributed by atoms with Gasteiger partial charge in [-0.15, -0.1) is 6.42 Å². The van der Waals surface area contributed by atoms with Gasteiger partial charge in [0.15, 0.2) is 5.15 Å². The monoisotopic (exact) mass is 421 g/mol. The van der Waals surface area contributed by atoms with E-state index in [2.05, 4.69) is 15.9 Å². The minimum atomic E-state index is -4.43. The normalized spacial score (nSPS) is 13.9. The highest BCUT2D eigenvalue weighted by Crippen LogP contribution is 2.40. The van der Waals surface area contributed by atoms with Gasteiger partial charge in [-0.25, -0.2) is 4.98 Å². The fourth-order valence-electron chi connectivity index (χ4n) is 2.18. The molecule has 0 aliphatic rings. The maximum atomic E-state index is 13.0. The third-order valence-electron chi connectivity index (χ3n) is 3.43. The van der Waals surface area contributed by atoms with Gasteiger partial charge in [-0.2, -0.15) is 24.9 Å². The molecule has 0 radical (unpaired) electrons. The lowest BCUT2D eigenvalue weighted by molar-refractivity contribution is -0.133. The van der Waals surface area contributed by atoms with Crippen LogP contribution in [0.2, 0.25) is 5.15 Å². The first kappa shape index (κ1) is 20.8. The Morgan fingerprint density at radius 1 is 1.50 bits per heavy atom. The van der Waals surface area contributed by atoms with E-state index in [9.17, 15) is 18.3 Å². The highest BCUT2D eigenvalue weighted by atomic mass is 35.5. The highest BCUT2D eigenvalue weighted by Gasteiger charge is 2.41. The minimum absolute atomic E-state index is 0.0656. The summed E-state index contributed by atoms with van der Waals surface area (Å²) in [5.74, 6) is 2.34. The summed E-state index contributed by atoms with van der Waals surface area (Å²) in [7, 11) is 0. The molecule has 0 saturated carbocycles. The van der Waals surface area contributed by atoms with Crippen LogP contribution in [0.3, 0.4) is 0 Å². The quantitative estimate of drug-likeness (QED) is 0.533. The number of aliphatic hydroxyl groups excluding tert-OH is 1. The van der Waals surface area contributed by atoms with Gasteiger partial charge in [-0.05, 0) is 18.4 Å². The Kier molecular flexibility index (Phi) is 7.17. The molecule has 0 amide bonds. The van der Waals surface area contributed by atoms with Crippen LogP contribution in [-0.2, 0) is 0 Å². The van der Waals surface area contributed by atoms with Crippen molar-refractivity contribution < 1.29 is 18.3 Å². The molecule has 1 N–H and O–H groups in total. The molecule has 2 heterocycles. The molecule has 2 aromatic heterocycles. The number of rotatable bonds is 7.